The van der Waals surface area contributed by atoms with E-state index in [0.717, 1.165) is 70.7 Å². The second-order valence-corrected chi connectivity index (χ2v) is 12.8. The Balaban J connectivity index is 1.13. The van der Waals surface area contributed by atoms with Gasteiger partial charge < -0.3 is 18.9 Å². The number of fused-ring (bicyclic) bond motifs is 1. The van der Waals surface area contributed by atoms with E-state index in [1.807, 2.05) is 17.3 Å². The zero-order valence-electron chi connectivity index (χ0n) is 23.3. The number of benzene rings is 1. The van der Waals surface area contributed by atoms with Crippen LogP contribution in [0.5, 0.6) is 5.75 Å². The zero-order chi connectivity index (χ0) is 27.6. The monoisotopic (exact) mass is 559 g/mol. The van der Waals surface area contributed by atoms with E-state index < -0.39 is 10.0 Å². The van der Waals surface area contributed by atoms with Crippen LogP contribution in [0.2, 0.25) is 0 Å². The highest BCUT2D eigenvalue weighted by Gasteiger charge is 2.36. The lowest BCUT2D eigenvalue weighted by Crippen LogP contribution is -2.50. The number of nitrogens with zero attached hydrogens (tertiary/aromatic N) is 5. The van der Waals surface area contributed by atoms with Gasteiger partial charge in [0.05, 0.1) is 25.2 Å². The number of sulfonamides is 1. The van der Waals surface area contributed by atoms with Crippen LogP contribution in [-0.4, -0.2) is 96.6 Å². The van der Waals surface area contributed by atoms with Gasteiger partial charge in [0, 0.05) is 57.2 Å². The van der Waals surface area contributed by atoms with Gasteiger partial charge in [0.25, 0.3) is 0 Å². The smallest absolute Gasteiger partial charge is 0.248 e. The molecule has 1 unspecified atom stereocenters. The summed E-state index contributed by atoms with van der Waals surface area (Å²) in [5.41, 5.74) is 1.34. The molecule has 4 heterocycles. The van der Waals surface area contributed by atoms with Gasteiger partial charge in [-0.15, -0.1) is 0 Å². The largest absolute Gasteiger partial charge is 0.497 e. The maximum absolute atomic E-state index is 13.7. The van der Waals surface area contributed by atoms with Gasteiger partial charge in [-0.25, -0.2) is 13.4 Å². The molecular weight excluding hydrogens is 518 g/mol. The molecule has 1 amide bonds. The van der Waals surface area contributed by atoms with Crippen LogP contribution in [0, 0.1) is 13.8 Å². The molecule has 1 aromatic heterocycles. The molecule has 3 aliphatic heterocycles. The first-order valence-corrected chi connectivity index (χ1v) is 15.5. The first-order chi connectivity index (χ1) is 18.8. The van der Waals surface area contributed by atoms with Gasteiger partial charge >= 0.3 is 0 Å². The third-order valence-electron chi connectivity index (χ3n) is 8.45. The standard InChI is InChI=1S/C28H41N5O5S/c1-21-16-25(37-3)17-22(2)28(21)39(35,36)33-10-5-4-6-24(33)19-38-20-27(34)31-11-7-23(8-12-31)32-15-14-30-13-9-29-26(30)18-32/h9,13,16-17,23-24H,4-8,10-12,14-15,18-20H2,1-3H3. The number of imidazole rings is 1. The van der Waals surface area contributed by atoms with Crippen LogP contribution in [0.15, 0.2) is 29.4 Å². The number of carbonyl (C=O) groups is 1. The van der Waals surface area contributed by atoms with Crippen molar-refractivity contribution in [2.75, 3.05) is 46.5 Å². The summed E-state index contributed by atoms with van der Waals surface area (Å²) in [5, 5.41) is 0. The molecule has 0 spiro atoms. The Morgan fingerprint density at radius 1 is 1.03 bits per heavy atom. The molecule has 0 saturated carbocycles. The van der Waals surface area contributed by atoms with Crippen molar-refractivity contribution in [2.24, 2.45) is 0 Å². The molecular formula is C28H41N5O5S. The maximum Gasteiger partial charge on any atom is 0.248 e. The van der Waals surface area contributed by atoms with Crippen LogP contribution in [-0.2, 0) is 32.6 Å². The van der Waals surface area contributed by atoms with Crippen molar-refractivity contribution in [3.63, 3.8) is 0 Å². The lowest BCUT2D eigenvalue weighted by Gasteiger charge is -2.40. The molecule has 2 fully saturated rings. The molecule has 39 heavy (non-hydrogen) atoms. The molecule has 214 valence electrons. The summed E-state index contributed by atoms with van der Waals surface area (Å²) in [4.78, 5) is 22.1. The van der Waals surface area contributed by atoms with Crippen molar-refractivity contribution in [1.29, 1.82) is 0 Å². The molecule has 0 aliphatic carbocycles. The summed E-state index contributed by atoms with van der Waals surface area (Å²) < 4.78 is 42.5. The van der Waals surface area contributed by atoms with Crippen LogP contribution in [0.3, 0.4) is 0 Å². The molecule has 0 radical (unpaired) electrons. The Labute approximate surface area is 231 Å². The van der Waals surface area contributed by atoms with Crippen LogP contribution < -0.4 is 4.74 Å². The fourth-order valence-corrected chi connectivity index (χ4v) is 8.46. The number of hydrogen-bond donors (Lipinski definition) is 0. The van der Waals surface area contributed by atoms with Crippen molar-refractivity contribution >= 4 is 15.9 Å². The fraction of sp³-hybridized carbons (Fsp3) is 0.643. The molecule has 5 rings (SSSR count). The van der Waals surface area contributed by atoms with E-state index in [0.29, 0.717) is 34.4 Å². The SMILES string of the molecule is COc1cc(C)c(S(=O)(=O)N2CCCCC2COCC(=O)N2CCC(N3CCn4ccnc4C3)CC2)c(C)c1. The van der Waals surface area contributed by atoms with Gasteiger partial charge in [-0.2, -0.15) is 4.31 Å². The zero-order valence-corrected chi connectivity index (χ0v) is 24.2. The van der Waals surface area contributed by atoms with Crippen molar-refractivity contribution in [1.82, 2.24) is 23.7 Å². The highest BCUT2D eigenvalue weighted by atomic mass is 32.2. The van der Waals surface area contributed by atoms with Gasteiger partial charge in [0.15, 0.2) is 0 Å². The minimum atomic E-state index is -3.71. The number of ether oxygens (including phenoxy) is 2. The Hall–Kier alpha value is -2.47. The van der Waals surface area contributed by atoms with Gasteiger partial charge in [-0.3, -0.25) is 9.69 Å². The summed E-state index contributed by atoms with van der Waals surface area (Å²) in [6.07, 6.45) is 8.28. The molecule has 2 aromatic rings. The lowest BCUT2D eigenvalue weighted by atomic mass is 10.0. The second-order valence-electron chi connectivity index (χ2n) is 11.0. The highest BCUT2D eigenvalue weighted by Crippen LogP contribution is 2.32. The summed E-state index contributed by atoms with van der Waals surface area (Å²) in [6.45, 7) is 8.56. The quantitative estimate of drug-likeness (QED) is 0.490. The van der Waals surface area contributed by atoms with Gasteiger partial charge in [-0.05, 0) is 62.8 Å². The molecule has 0 N–H and O–H groups in total. The van der Waals surface area contributed by atoms with Gasteiger partial charge in [0.1, 0.15) is 18.2 Å². The molecule has 10 nitrogen and oxygen atoms in total. The van der Waals surface area contributed by atoms with Crippen LogP contribution >= 0.6 is 0 Å². The second kappa shape index (κ2) is 12.0. The van der Waals surface area contributed by atoms with Crippen molar-refractivity contribution in [2.45, 2.75) is 76.0 Å². The molecule has 0 bridgehead atoms. The number of rotatable bonds is 8. The number of methoxy groups -OCH3 is 1. The summed E-state index contributed by atoms with van der Waals surface area (Å²) in [6, 6.07) is 3.70. The lowest BCUT2D eigenvalue weighted by molar-refractivity contribution is -0.138. The average Bonchev–Trinajstić information content (AvgIpc) is 3.41. The molecule has 1 aromatic carbocycles. The summed E-state index contributed by atoms with van der Waals surface area (Å²) >= 11 is 0. The minimum absolute atomic E-state index is 0.0171. The van der Waals surface area contributed by atoms with E-state index in [1.54, 1.807) is 37.4 Å². The molecule has 11 heteroatoms. The summed E-state index contributed by atoms with van der Waals surface area (Å²) in [7, 11) is -2.13. The number of aryl methyl sites for hydroxylation is 2. The highest BCUT2D eigenvalue weighted by molar-refractivity contribution is 7.89. The number of aromatic nitrogens is 2. The molecule has 3 aliphatic rings. The predicted molar refractivity (Wildman–Crippen MR) is 147 cm³/mol. The fourth-order valence-electron chi connectivity index (χ4n) is 6.37. The minimum Gasteiger partial charge on any atom is -0.497 e. The van der Waals surface area contributed by atoms with Crippen LogP contribution in [0.25, 0.3) is 0 Å². The Bertz CT molecular complexity index is 1250. The number of carbonyl (C=O) groups excluding carboxylic acids is 1. The Kier molecular flexibility index (Phi) is 8.60. The number of likely N-dealkylation sites (tertiary alicyclic amines) is 1. The van der Waals surface area contributed by atoms with E-state index >= 15 is 0 Å². The number of hydrogen-bond acceptors (Lipinski definition) is 7. The topological polar surface area (TPSA) is 97.2 Å². The van der Waals surface area contributed by atoms with Crippen molar-refractivity contribution in [3.8, 4) is 5.75 Å². The summed E-state index contributed by atoms with van der Waals surface area (Å²) in [5.74, 6) is 1.74. The normalized spacial score (nSPS) is 21.6. The third kappa shape index (κ3) is 6.01. The van der Waals surface area contributed by atoms with Gasteiger partial charge in [-0.1, -0.05) is 6.42 Å². The van der Waals surface area contributed by atoms with E-state index in [1.165, 1.54) is 0 Å². The molecule has 1 atom stereocenters. The number of amides is 1. The van der Waals surface area contributed by atoms with E-state index in [4.69, 9.17) is 9.47 Å². The average molecular weight is 560 g/mol. The predicted octanol–water partition coefficient (Wildman–Crippen LogP) is 2.58. The Morgan fingerprint density at radius 2 is 1.77 bits per heavy atom. The molecule has 2 saturated heterocycles. The first kappa shape index (κ1) is 28.1. The van der Waals surface area contributed by atoms with Crippen LogP contribution in [0.4, 0.5) is 0 Å². The number of piperidine rings is 2. The maximum atomic E-state index is 13.7. The van der Waals surface area contributed by atoms with E-state index in [9.17, 15) is 13.2 Å². The third-order valence-corrected chi connectivity index (χ3v) is 10.7. The van der Waals surface area contributed by atoms with Crippen LogP contribution in [0.1, 0.15) is 49.1 Å². The van der Waals surface area contributed by atoms with Gasteiger partial charge in [0.2, 0.25) is 15.9 Å². The Morgan fingerprint density at radius 3 is 2.49 bits per heavy atom. The van der Waals surface area contributed by atoms with Crippen molar-refractivity contribution in [3.05, 3.63) is 41.5 Å². The first-order valence-electron chi connectivity index (χ1n) is 14.0. The van der Waals surface area contributed by atoms with E-state index in [2.05, 4.69) is 14.5 Å². The van der Waals surface area contributed by atoms with E-state index in [-0.39, 0.29) is 25.2 Å². The van der Waals surface area contributed by atoms with Crippen molar-refractivity contribution < 1.29 is 22.7 Å².